The number of unbranched alkanes of at least 4 members (excludes halogenated alkanes) is 8. The first kappa shape index (κ1) is 45.4. The molecule has 1 aliphatic heterocycles. The number of carbonyl (C=O) groups is 2. The fourth-order valence-corrected chi connectivity index (χ4v) is 5.55. The van der Waals surface area contributed by atoms with Crippen molar-refractivity contribution in [3.8, 4) is 0 Å². The maximum Gasteiger partial charge on any atom is 0.306 e. The minimum atomic E-state index is -4.60. The second-order valence-electron chi connectivity index (χ2n) is 12.2. The lowest BCUT2D eigenvalue weighted by Crippen LogP contribution is -2.60. The van der Waals surface area contributed by atoms with Crippen molar-refractivity contribution in [3.05, 3.63) is 60.8 Å². The van der Waals surface area contributed by atoms with Gasteiger partial charge in [0, 0.05) is 12.8 Å². The van der Waals surface area contributed by atoms with Crippen LogP contribution in [0.3, 0.4) is 0 Å². The zero-order valence-electron chi connectivity index (χ0n) is 29.7. The molecule has 1 aliphatic rings. The fourth-order valence-electron chi connectivity index (χ4n) is 4.86. The lowest BCUT2D eigenvalue weighted by Gasteiger charge is -2.40. The summed E-state index contributed by atoms with van der Waals surface area (Å²) in [6.07, 6.45) is 21.7. The topological polar surface area (TPSA) is 186 Å². The van der Waals surface area contributed by atoms with E-state index in [2.05, 4.69) is 32.1 Å². The standard InChI is InChI=1S/C37H60O12S/c1-3-5-7-9-11-13-14-15-16-18-20-22-24-26-33(39)48-30(27-46-32(38)25-23-21-19-17-12-10-8-6-4-2)28-47-37-36(42)35(41)34(40)31(49-37)29-50(43,44)45/h5,7,9,11,13-17,19,30-31,34-37,40-42H,3-4,6,8,10,12,18,20-29H2,1-2H3,(H,43,44,45)/b7-5+,11-9+,14-13+,16-15+,19-17+/t30?,31-,34-,35?,36?,37+/m1/s1. The summed E-state index contributed by atoms with van der Waals surface area (Å²) >= 11 is 0. The molecular weight excluding hydrogens is 668 g/mol. The molecule has 1 rings (SSSR count). The van der Waals surface area contributed by atoms with Gasteiger partial charge in [-0.1, -0.05) is 100 Å². The summed E-state index contributed by atoms with van der Waals surface area (Å²) < 4.78 is 53.6. The third-order valence-corrected chi connectivity index (χ3v) is 8.43. The van der Waals surface area contributed by atoms with Crippen molar-refractivity contribution >= 4 is 22.1 Å². The summed E-state index contributed by atoms with van der Waals surface area (Å²) in [6, 6.07) is 0. The maximum absolute atomic E-state index is 12.7. The van der Waals surface area contributed by atoms with E-state index in [9.17, 15) is 37.9 Å². The van der Waals surface area contributed by atoms with E-state index in [-0.39, 0.29) is 19.4 Å². The first-order valence-corrected chi connectivity index (χ1v) is 19.5. The summed E-state index contributed by atoms with van der Waals surface area (Å²) in [5.74, 6) is -2.09. The average Bonchev–Trinajstić information content (AvgIpc) is 3.07. The third kappa shape index (κ3) is 22.9. The fraction of sp³-hybridized carbons (Fsp3) is 0.676. The van der Waals surface area contributed by atoms with Crippen LogP contribution in [0.1, 0.15) is 104 Å². The van der Waals surface area contributed by atoms with E-state index in [1.165, 1.54) is 19.3 Å². The van der Waals surface area contributed by atoms with E-state index >= 15 is 0 Å². The van der Waals surface area contributed by atoms with Crippen molar-refractivity contribution in [1.82, 2.24) is 0 Å². The van der Waals surface area contributed by atoms with Crippen LogP contribution in [0.2, 0.25) is 0 Å². The largest absolute Gasteiger partial charge is 0.462 e. The molecule has 50 heavy (non-hydrogen) atoms. The van der Waals surface area contributed by atoms with Gasteiger partial charge in [0.1, 0.15) is 36.8 Å². The first-order valence-electron chi connectivity index (χ1n) is 17.9. The highest BCUT2D eigenvalue weighted by Gasteiger charge is 2.46. The molecular formula is C37H60O12S. The Morgan fingerprint density at radius 2 is 1.30 bits per heavy atom. The summed E-state index contributed by atoms with van der Waals surface area (Å²) in [5.41, 5.74) is 0. The summed E-state index contributed by atoms with van der Waals surface area (Å²) in [7, 11) is -4.60. The molecule has 0 bridgehead atoms. The van der Waals surface area contributed by atoms with Gasteiger partial charge in [-0.05, 0) is 51.4 Å². The van der Waals surface area contributed by atoms with Gasteiger partial charge in [0.25, 0.3) is 10.1 Å². The number of aliphatic hydroxyl groups is 3. The Bertz CT molecular complexity index is 1180. The number of hydrogen-bond donors (Lipinski definition) is 4. The van der Waals surface area contributed by atoms with Crippen molar-refractivity contribution < 1.29 is 56.8 Å². The van der Waals surface area contributed by atoms with Crippen LogP contribution in [0.4, 0.5) is 0 Å². The predicted molar refractivity (Wildman–Crippen MR) is 192 cm³/mol. The van der Waals surface area contributed by atoms with Gasteiger partial charge in [-0.3, -0.25) is 14.1 Å². The summed E-state index contributed by atoms with van der Waals surface area (Å²) in [5, 5.41) is 30.7. The Morgan fingerprint density at radius 3 is 1.96 bits per heavy atom. The smallest absolute Gasteiger partial charge is 0.306 e. The quantitative estimate of drug-likeness (QED) is 0.0277. The Kier molecular flexibility index (Phi) is 25.4. The zero-order valence-corrected chi connectivity index (χ0v) is 30.5. The van der Waals surface area contributed by atoms with Crippen LogP contribution in [0, 0.1) is 0 Å². The van der Waals surface area contributed by atoms with E-state index in [4.69, 9.17) is 18.9 Å². The molecule has 0 aromatic rings. The van der Waals surface area contributed by atoms with Gasteiger partial charge < -0.3 is 34.3 Å². The lowest BCUT2D eigenvalue weighted by atomic mass is 10.00. The average molecular weight is 729 g/mol. The van der Waals surface area contributed by atoms with Crippen molar-refractivity contribution in [1.29, 1.82) is 0 Å². The van der Waals surface area contributed by atoms with Crippen LogP contribution in [0.25, 0.3) is 0 Å². The van der Waals surface area contributed by atoms with Gasteiger partial charge in [0.15, 0.2) is 12.4 Å². The van der Waals surface area contributed by atoms with Gasteiger partial charge >= 0.3 is 11.9 Å². The Morgan fingerprint density at radius 1 is 0.700 bits per heavy atom. The number of esters is 2. The van der Waals surface area contributed by atoms with E-state index in [0.717, 1.165) is 44.9 Å². The number of carbonyl (C=O) groups excluding carboxylic acids is 2. The molecule has 4 N–H and O–H groups in total. The van der Waals surface area contributed by atoms with E-state index < -0.39 is 71.2 Å². The van der Waals surface area contributed by atoms with Gasteiger partial charge in [0.2, 0.25) is 0 Å². The minimum Gasteiger partial charge on any atom is -0.462 e. The van der Waals surface area contributed by atoms with E-state index in [1.807, 2.05) is 42.5 Å². The third-order valence-electron chi connectivity index (χ3n) is 7.68. The van der Waals surface area contributed by atoms with Crippen LogP contribution in [-0.2, 0) is 38.7 Å². The Balaban J connectivity index is 2.63. The molecule has 3 unspecified atom stereocenters. The maximum atomic E-state index is 12.7. The van der Waals surface area contributed by atoms with Crippen LogP contribution in [0.15, 0.2) is 60.8 Å². The van der Waals surface area contributed by atoms with Crippen molar-refractivity contribution in [2.75, 3.05) is 19.0 Å². The van der Waals surface area contributed by atoms with Crippen molar-refractivity contribution in [2.24, 2.45) is 0 Å². The normalized spacial score (nSPS) is 22.4. The van der Waals surface area contributed by atoms with Gasteiger partial charge in [-0.25, -0.2) is 0 Å². The second-order valence-corrected chi connectivity index (χ2v) is 13.7. The SMILES string of the molecule is CC/C=C/C=C/C=C/C=C/CCCCCC(=O)OC(COC(=O)CCC/C=C/CCCCCC)CO[C@H]1O[C@H](CS(=O)(=O)O)[C@@H](O)C(O)C1O. The molecule has 12 nitrogen and oxygen atoms in total. The number of aliphatic hydroxyl groups excluding tert-OH is 3. The molecule has 286 valence electrons. The number of rotatable bonds is 27. The summed E-state index contributed by atoms with van der Waals surface area (Å²) in [6.45, 7) is 3.46. The molecule has 1 saturated heterocycles. The monoisotopic (exact) mass is 728 g/mol. The molecule has 0 radical (unpaired) electrons. The second kappa shape index (κ2) is 28.0. The van der Waals surface area contributed by atoms with Gasteiger partial charge in [0.05, 0.1) is 6.61 Å². The zero-order chi connectivity index (χ0) is 37.0. The van der Waals surface area contributed by atoms with E-state index in [0.29, 0.717) is 12.8 Å². The number of allylic oxidation sites excluding steroid dienone is 10. The molecule has 6 atom stereocenters. The molecule has 0 aromatic carbocycles. The molecule has 0 aromatic heterocycles. The Hall–Kier alpha value is -2.65. The molecule has 0 spiro atoms. The van der Waals surface area contributed by atoms with Gasteiger partial charge in [-0.15, -0.1) is 0 Å². The molecule has 13 heteroatoms. The highest BCUT2D eigenvalue weighted by Crippen LogP contribution is 2.23. The van der Waals surface area contributed by atoms with E-state index in [1.54, 1.807) is 0 Å². The van der Waals surface area contributed by atoms with Crippen molar-refractivity contribution in [3.63, 3.8) is 0 Å². The van der Waals surface area contributed by atoms with Crippen LogP contribution < -0.4 is 0 Å². The first-order chi connectivity index (χ1) is 24.0. The molecule has 0 saturated carbocycles. The van der Waals surface area contributed by atoms with Gasteiger partial charge in [-0.2, -0.15) is 8.42 Å². The highest BCUT2D eigenvalue weighted by molar-refractivity contribution is 7.85. The lowest BCUT2D eigenvalue weighted by molar-refractivity contribution is -0.297. The highest BCUT2D eigenvalue weighted by atomic mass is 32.2. The van der Waals surface area contributed by atoms with Crippen molar-refractivity contribution in [2.45, 2.75) is 141 Å². The number of ether oxygens (including phenoxy) is 4. The predicted octanol–water partition coefficient (Wildman–Crippen LogP) is 5.44. The number of hydrogen-bond acceptors (Lipinski definition) is 11. The molecule has 0 aliphatic carbocycles. The molecule has 0 amide bonds. The molecule has 1 heterocycles. The van der Waals surface area contributed by atoms with Crippen LogP contribution >= 0.6 is 0 Å². The molecule has 1 fully saturated rings. The summed E-state index contributed by atoms with van der Waals surface area (Å²) in [4.78, 5) is 25.1. The minimum absolute atomic E-state index is 0.110. The van der Waals surface area contributed by atoms with Crippen LogP contribution in [0.5, 0.6) is 0 Å². The van der Waals surface area contributed by atoms with Crippen LogP contribution in [-0.4, -0.2) is 96.0 Å². The Labute approximate surface area is 298 Å².